The number of rotatable bonds is 4. The number of H-pyrrole nitrogens is 1. The lowest BCUT2D eigenvalue weighted by molar-refractivity contribution is -0.0875. The van der Waals surface area contributed by atoms with Gasteiger partial charge in [0.25, 0.3) is 5.56 Å². The smallest absolute Gasteiger partial charge is 0.328 e. The molecule has 2 unspecified atom stereocenters. The molecular weight excluding hydrogens is 335 g/mol. The molecular formula is C12H14BrFN2O4. The van der Waals surface area contributed by atoms with Crippen LogP contribution in [0.4, 0.5) is 4.39 Å². The summed E-state index contributed by atoms with van der Waals surface area (Å²) in [6.07, 6.45) is 1.24. The summed E-state index contributed by atoms with van der Waals surface area (Å²) in [6.45, 7) is -0.735. The standard InChI is InChI=1S/C12H14BrFN2O4/c13-2-1-6-3-16(12(20)15-11(6)19)10-8(5-18)7(4-17)9(10)14/h1-3,7-10,17-18H,4-5H2,(H,15,19,20)/b2-1+/t7-,8?,9?,10+/m1/s1. The summed E-state index contributed by atoms with van der Waals surface area (Å²) in [6, 6.07) is -0.885. The van der Waals surface area contributed by atoms with Gasteiger partial charge in [0.1, 0.15) is 6.17 Å². The molecule has 0 spiro atoms. The van der Waals surface area contributed by atoms with Gasteiger partial charge in [-0.1, -0.05) is 15.9 Å². The van der Waals surface area contributed by atoms with E-state index in [2.05, 4.69) is 20.9 Å². The van der Waals surface area contributed by atoms with Crippen LogP contribution in [0.5, 0.6) is 0 Å². The van der Waals surface area contributed by atoms with Crippen molar-refractivity contribution >= 4 is 22.0 Å². The zero-order valence-electron chi connectivity index (χ0n) is 10.4. The van der Waals surface area contributed by atoms with Crippen molar-refractivity contribution in [2.45, 2.75) is 12.2 Å². The van der Waals surface area contributed by atoms with Crippen LogP contribution in [-0.4, -0.2) is 39.1 Å². The molecule has 0 aromatic carbocycles. The maximum absolute atomic E-state index is 14.0. The first-order valence-corrected chi connectivity index (χ1v) is 6.94. The van der Waals surface area contributed by atoms with E-state index in [9.17, 15) is 19.1 Å². The molecule has 3 N–H and O–H groups in total. The van der Waals surface area contributed by atoms with Gasteiger partial charge in [-0.15, -0.1) is 0 Å². The summed E-state index contributed by atoms with van der Waals surface area (Å²) in [5.74, 6) is -1.25. The second-order valence-electron chi connectivity index (χ2n) is 4.67. The van der Waals surface area contributed by atoms with Crippen molar-refractivity contribution in [3.63, 3.8) is 0 Å². The van der Waals surface area contributed by atoms with Crippen molar-refractivity contribution in [2.24, 2.45) is 11.8 Å². The van der Waals surface area contributed by atoms with Gasteiger partial charge in [-0.05, 0) is 11.1 Å². The van der Waals surface area contributed by atoms with Gasteiger partial charge < -0.3 is 10.2 Å². The molecule has 6 nitrogen and oxygen atoms in total. The molecule has 2 rings (SSSR count). The van der Waals surface area contributed by atoms with Gasteiger partial charge in [0.15, 0.2) is 0 Å². The van der Waals surface area contributed by atoms with Gasteiger partial charge >= 0.3 is 5.69 Å². The SMILES string of the molecule is O=c1[nH]c(=O)n([C@@H]2C(F)[C@H](CO)C2CO)cc1/C=C/Br. The van der Waals surface area contributed by atoms with Gasteiger partial charge in [0.05, 0.1) is 11.6 Å². The summed E-state index contributed by atoms with van der Waals surface area (Å²) in [4.78, 5) is 26.9. The number of halogens is 2. The highest BCUT2D eigenvalue weighted by Crippen LogP contribution is 2.45. The minimum absolute atomic E-state index is 0.192. The zero-order valence-corrected chi connectivity index (χ0v) is 12.0. The summed E-state index contributed by atoms with van der Waals surface area (Å²) in [7, 11) is 0. The van der Waals surface area contributed by atoms with Crippen molar-refractivity contribution in [3.05, 3.63) is 37.6 Å². The summed E-state index contributed by atoms with van der Waals surface area (Å²) in [5.41, 5.74) is -1.11. The Bertz CT molecular complexity index is 627. The molecule has 1 aliphatic carbocycles. The lowest BCUT2D eigenvalue weighted by atomic mass is 9.68. The Morgan fingerprint density at radius 3 is 2.55 bits per heavy atom. The first-order valence-electron chi connectivity index (χ1n) is 6.03. The van der Waals surface area contributed by atoms with E-state index in [0.717, 1.165) is 4.57 Å². The van der Waals surface area contributed by atoms with E-state index in [0.29, 0.717) is 0 Å². The van der Waals surface area contributed by atoms with Crippen LogP contribution < -0.4 is 11.2 Å². The van der Waals surface area contributed by atoms with Gasteiger partial charge in [-0.2, -0.15) is 0 Å². The highest BCUT2D eigenvalue weighted by atomic mass is 79.9. The van der Waals surface area contributed by atoms with Crippen molar-refractivity contribution in [2.75, 3.05) is 13.2 Å². The van der Waals surface area contributed by atoms with E-state index in [1.165, 1.54) is 17.3 Å². The second-order valence-corrected chi connectivity index (χ2v) is 5.20. The van der Waals surface area contributed by atoms with Crippen LogP contribution in [0.15, 0.2) is 20.8 Å². The maximum atomic E-state index is 14.0. The predicted molar refractivity (Wildman–Crippen MR) is 74.4 cm³/mol. The van der Waals surface area contributed by atoms with Crippen LogP contribution in [0, 0.1) is 11.8 Å². The average Bonchev–Trinajstić information content (AvgIpc) is 2.41. The number of nitrogens with zero attached hydrogens (tertiary/aromatic N) is 1. The first-order chi connectivity index (χ1) is 9.54. The third-order valence-corrected chi connectivity index (χ3v) is 3.97. The molecule has 8 heteroatoms. The lowest BCUT2D eigenvalue weighted by Gasteiger charge is -2.46. The number of hydrogen-bond acceptors (Lipinski definition) is 4. The molecule has 1 aromatic rings. The molecule has 1 saturated carbocycles. The number of aromatic amines is 1. The van der Waals surface area contributed by atoms with Gasteiger partial charge in [-0.3, -0.25) is 14.3 Å². The number of aliphatic hydroxyl groups excluding tert-OH is 2. The fourth-order valence-electron chi connectivity index (χ4n) is 2.58. The number of aromatic nitrogens is 2. The van der Waals surface area contributed by atoms with Crippen LogP contribution in [-0.2, 0) is 0 Å². The highest BCUT2D eigenvalue weighted by Gasteiger charge is 2.51. The molecule has 0 bridgehead atoms. The molecule has 0 amide bonds. The minimum Gasteiger partial charge on any atom is -0.396 e. The molecule has 1 aromatic heterocycles. The molecule has 110 valence electrons. The van der Waals surface area contributed by atoms with Gasteiger partial charge in [0.2, 0.25) is 0 Å². The Kier molecular flexibility index (Phi) is 4.56. The molecule has 4 atom stereocenters. The third-order valence-electron chi connectivity index (χ3n) is 3.70. The van der Waals surface area contributed by atoms with E-state index >= 15 is 0 Å². The van der Waals surface area contributed by atoms with Gasteiger partial charge in [0, 0.05) is 31.2 Å². The summed E-state index contributed by atoms with van der Waals surface area (Å²) >= 11 is 3.02. The zero-order chi connectivity index (χ0) is 14.9. The second kappa shape index (κ2) is 6.02. The number of alkyl halides is 1. The van der Waals surface area contributed by atoms with Crippen LogP contribution in [0.3, 0.4) is 0 Å². The molecule has 0 aliphatic heterocycles. The Balaban J connectivity index is 2.45. The van der Waals surface area contributed by atoms with E-state index < -0.39 is 41.9 Å². The molecule has 20 heavy (non-hydrogen) atoms. The third kappa shape index (κ3) is 2.38. The first kappa shape index (κ1) is 15.1. The van der Waals surface area contributed by atoms with Gasteiger partial charge in [-0.25, -0.2) is 9.18 Å². The highest BCUT2D eigenvalue weighted by molar-refractivity contribution is 9.11. The topological polar surface area (TPSA) is 95.3 Å². The molecule has 1 heterocycles. The number of aliphatic hydroxyl groups is 2. The quantitative estimate of drug-likeness (QED) is 0.714. The van der Waals surface area contributed by atoms with Crippen LogP contribution in [0.25, 0.3) is 6.08 Å². The molecule has 0 saturated heterocycles. The average molecular weight is 349 g/mol. The monoisotopic (exact) mass is 348 g/mol. The predicted octanol–water partition coefficient (Wildman–Crippen LogP) is 0.0120. The largest absolute Gasteiger partial charge is 0.396 e. The fraction of sp³-hybridized carbons (Fsp3) is 0.500. The van der Waals surface area contributed by atoms with Crippen LogP contribution >= 0.6 is 15.9 Å². The Hall–Kier alpha value is -1.25. The number of nitrogens with one attached hydrogen (secondary N) is 1. The van der Waals surface area contributed by atoms with E-state index in [1.807, 2.05) is 0 Å². The van der Waals surface area contributed by atoms with E-state index in [1.54, 1.807) is 0 Å². The van der Waals surface area contributed by atoms with Crippen LogP contribution in [0.1, 0.15) is 11.6 Å². The fourth-order valence-corrected chi connectivity index (χ4v) is 2.87. The molecule has 1 fully saturated rings. The summed E-state index contributed by atoms with van der Waals surface area (Å²) < 4.78 is 15.1. The van der Waals surface area contributed by atoms with Crippen molar-refractivity contribution in [1.82, 2.24) is 9.55 Å². The van der Waals surface area contributed by atoms with E-state index in [-0.39, 0.29) is 12.2 Å². The van der Waals surface area contributed by atoms with Crippen molar-refractivity contribution < 1.29 is 14.6 Å². The molecule has 0 radical (unpaired) electrons. The Labute approximate surface area is 121 Å². The maximum Gasteiger partial charge on any atom is 0.328 e. The Morgan fingerprint density at radius 2 is 2.00 bits per heavy atom. The van der Waals surface area contributed by atoms with E-state index in [4.69, 9.17) is 5.11 Å². The molecule has 1 aliphatic rings. The van der Waals surface area contributed by atoms with Crippen molar-refractivity contribution in [1.29, 1.82) is 0 Å². The number of hydrogen-bond donors (Lipinski definition) is 3. The summed E-state index contributed by atoms with van der Waals surface area (Å²) in [5, 5.41) is 18.3. The van der Waals surface area contributed by atoms with Crippen molar-refractivity contribution in [3.8, 4) is 0 Å². The Morgan fingerprint density at radius 1 is 1.35 bits per heavy atom. The minimum atomic E-state index is -1.44. The lowest BCUT2D eigenvalue weighted by Crippen LogP contribution is -2.55. The van der Waals surface area contributed by atoms with Crippen LogP contribution in [0.2, 0.25) is 0 Å². The normalized spacial score (nSPS) is 29.6.